The lowest BCUT2D eigenvalue weighted by Crippen LogP contribution is -2.41. The topological polar surface area (TPSA) is 27.0 Å². The van der Waals surface area contributed by atoms with Crippen molar-refractivity contribution < 1.29 is 8.78 Å². The average Bonchev–Trinajstić information content (AvgIpc) is 2.15. The summed E-state index contributed by atoms with van der Waals surface area (Å²) < 4.78 is 27.0. The summed E-state index contributed by atoms with van der Waals surface area (Å²) in [4.78, 5) is 1.94. The lowest BCUT2D eigenvalue weighted by atomic mass is 9.89. The highest BCUT2D eigenvalue weighted by Crippen LogP contribution is 2.35. The largest absolute Gasteiger partial charge is 0.306 e. The average molecular weight is 202 g/mol. The van der Waals surface area contributed by atoms with Crippen molar-refractivity contribution in [3.8, 4) is 6.07 Å². The molecule has 0 aromatic carbocycles. The number of likely N-dealkylation sites (tertiary alicyclic amines) is 1. The van der Waals surface area contributed by atoms with E-state index in [2.05, 4.69) is 0 Å². The summed E-state index contributed by atoms with van der Waals surface area (Å²) in [6.07, 6.45) is 1.08. The maximum Gasteiger partial charge on any atom is 0.253 e. The molecular weight excluding hydrogens is 186 g/mol. The van der Waals surface area contributed by atoms with E-state index in [-0.39, 0.29) is 12.8 Å². The van der Waals surface area contributed by atoms with Gasteiger partial charge in [0.25, 0.3) is 5.92 Å². The molecule has 1 aliphatic heterocycles. The van der Waals surface area contributed by atoms with E-state index in [1.54, 1.807) is 6.07 Å². The van der Waals surface area contributed by atoms with Gasteiger partial charge >= 0.3 is 0 Å². The molecule has 1 atom stereocenters. The van der Waals surface area contributed by atoms with Gasteiger partial charge in [-0.2, -0.15) is 5.26 Å². The quantitative estimate of drug-likeness (QED) is 0.702. The number of halogens is 2. The van der Waals surface area contributed by atoms with Crippen molar-refractivity contribution in [2.75, 3.05) is 20.1 Å². The second-order valence-electron chi connectivity index (χ2n) is 4.02. The molecule has 0 bridgehead atoms. The van der Waals surface area contributed by atoms with E-state index < -0.39 is 11.8 Å². The van der Waals surface area contributed by atoms with Crippen molar-refractivity contribution in [2.24, 2.45) is 5.92 Å². The number of alkyl halides is 2. The Bertz CT molecular complexity index is 223. The summed E-state index contributed by atoms with van der Waals surface area (Å²) in [5.41, 5.74) is 0. The first-order valence-electron chi connectivity index (χ1n) is 4.99. The Hall–Kier alpha value is -0.690. The molecule has 4 heteroatoms. The van der Waals surface area contributed by atoms with Crippen molar-refractivity contribution in [1.29, 1.82) is 5.26 Å². The Kier molecular flexibility index (Phi) is 3.82. The second-order valence-corrected chi connectivity index (χ2v) is 4.02. The van der Waals surface area contributed by atoms with Crippen LogP contribution in [-0.4, -0.2) is 31.0 Å². The minimum atomic E-state index is -2.66. The van der Waals surface area contributed by atoms with Crippen LogP contribution in [0, 0.1) is 17.2 Å². The van der Waals surface area contributed by atoms with Crippen molar-refractivity contribution in [1.82, 2.24) is 4.90 Å². The van der Waals surface area contributed by atoms with Crippen LogP contribution in [0.3, 0.4) is 0 Å². The summed E-state index contributed by atoms with van der Waals surface area (Å²) >= 11 is 0. The van der Waals surface area contributed by atoms with Gasteiger partial charge in [0.1, 0.15) is 0 Å². The first kappa shape index (κ1) is 11.4. The molecule has 1 fully saturated rings. The van der Waals surface area contributed by atoms with Crippen LogP contribution in [0.25, 0.3) is 0 Å². The number of nitriles is 1. The molecule has 1 heterocycles. The Morgan fingerprint density at radius 1 is 1.57 bits per heavy atom. The minimum absolute atomic E-state index is 0.0484. The molecule has 0 N–H and O–H groups in total. The number of rotatable bonds is 3. The van der Waals surface area contributed by atoms with Gasteiger partial charge in [0.2, 0.25) is 0 Å². The van der Waals surface area contributed by atoms with Gasteiger partial charge in [-0.15, -0.1) is 0 Å². The van der Waals surface area contributed by atoms with Crippen molar-refractivity contribution >= 4 is 0 Å². The third kappa shape index (κ3) is 2.91. The minimum Gasteiger partial charge on any atom is -0.306 e. The zero-order valence-corrected chi connectivity index (χ0v) is 8.47. The fourth-order valence-corrected chi connectivity index (χ4v) is 1.94. The van der Waals surface area contributed by atoms with E-state index in [1.807, 2.05) is 11.9 Å². The summed E-state index contributed by atoms with van der Waals surface area (Å²) in [7, 11) is 1.87. The molecule has 1 saturated heterocycles. The molecule has 0 amide bonds. The standard InChI is InChI=1S/C10H16F2N2/c1-14-7-2-4-9(8-14)10(11,12)5-3-6-13/h9H,2-5,7-8H2,1H3. The summed E-state index contributed by atoms with van der Waals surface area (Å²) in [6.45, 7) is 1.36. The second kappa shape index (κ2) is 4.70. The smallest absolute Gasteiger partial charge is 0.253 e. The maximum absolute atomic E-state index is 13.5. The van der Waals surface area contributed by atoms with Crippen LogP contribution in [-0.2, 0) is 0 Å². The van der Waals surface area contributed by atoms with Crippen LogP contribution in [0.1, 0.15) is 25.7 Å². The fourth-order valence-electron chi connectivity index (χ4n) is 1.94. The van der Waals surface area contributed by atoms with Gasteiger partial charge in [0.05, 0.1) is 6.07 Å². The highest BCUT2D eigenvalue weighted by molar-refractivity contribution is 4.85. The van der Waals surface area contributed by atoms with Crippen molar-refractivity contribution in [3.63, 3.8) is 0 Å². The molecule has 2 nitrogen and oxygen atoms in total. The van der Waals surface area contributed by atoms with E-state index in [4.69, 9.17) is 5.26 Å². The molecule has 1 rings (SSSR count). The van der Waals surface area contributed by atoms with Gasteiger partial charge in [0.15, 0.2) is 0 Å². The molecule has 0 saturated carbocycles. The molecule has 14 heavy (non-hydrogen) atoms. The summed E-state index contributed by atoms with van der Waals surface area (Å²) in [5, 5.41) is 8.29. The molecule has 0 aliphatic carbocycles. The van der Waals surface area contributed by atoms with Crippen molar-refractivity contribution in [2.45, 2.75) is 31.6 Å². The van der Waals surface area contributed by atoms with E-state index in [9.17, 15) is 8.78 Å². The van der Waals surface area contributed by atoms with Gasteiger partial charge in [-0.25, -0.2) is 8.78 Å². The first-order valence-corrected chi connectivity index (χ1v) is 4.99. The SMILES string of the molecule is CN1CCCC(C(F)(F)CCC#N)C1. The molecule has 0 radical (unpaired) electrons. The lowest BCUT2D eigenvalue weighted by molar-refractivity contribution is -0.0845. The van der Waals surface area contributed by atoms with Gasteiger partial charge in [-0.3, -0.25) is 0 Å². The number of hydrogen-bond donors (Lipinski definition) is 0. The highest BCUT2D eigenvalue weighted by Gasteiger charge is 2.40. The molecule has 80 valence electrons. The molecule has 0 aromatic rings. The molecular formula is C10H16F2N2. The summed E-state index contributed by atoms with van der Waals surface area (Å²) in [6, 6.07) is 1.78. The fraction of sp³-hybridized carbons (Fsp3) is 0.900. The zero-order chi connectivity index (χ0) is 10.6. The van der Waals surface area contributed by atoms with E-state index >= 15 is 0 Å². The Morgan fingerprint density at radius 3 is 2.86 bits per heavy atom. The molecule has 1 aliphatic rings. The maximum atomic E-state index is 13.5. The van der Waals surface area contributed by atoms with Crippen LogP contribution in [0.4, 0.5) is 8.78 Å². The highest BCUT2D eigenvalue weighted by atomic mass is 19.3. The normalized spacial score (nSPS) is 24.6. The van der Waals surface area contributed by atoms with E-state index in [0.29, 0.717) is 13.0 Å². The molecule has 0 aromatic heterocycles. The monoisotopic (exact) mass is 202 g/mol. The Morgan fingerprint density at radius 2 is 2.29 bits per heavy atom. The first-order chi connectivity index (χ1) is 6.56. The number of nitrogens with zero attached hydrogens (tertiary/aromatic N) is 2. The van der Waals surface area contributed by atoms with Gasteiger partial charge in [-0.1, -0.05) is 0 Å². The predicted octanol–water partition coefficient (Wildman–Crippen LogP) is 2.27. The lowest BCUT2D eigenvalue weighted by Gasteiger charge is -2.34. The van der Waals surface area contributed by atoms with Gasteiger partial charge < -0.3 is 4.90 Å². The third-order valence-corrected chi connectivity index (χ3v) is 2.79. The van der Waals surface area contributed by atoms with Crippen LogP contribution in [0.2, 0.25) is 0 Å². The van der Waals surface area contributed by atoms with Crippen LogP contribution in [0.15, 0.2) is 0 Å². The van der Waals surface area contributed by atoms with Crippen LogP contribution in [0.5, 0.6) is 0 Å². The summed E-state index contributed by atoms with van der Waals surface area (Å²) in [5.74, 6) is -3.22. The predicted molar refractivity (Wildman–Crippen MR) is 50.0 cm³/mol. The molecule has 0 spiro atoms. The van der Waals surface area contributed by atoms with E-state index in [0.717, 1.165) is 13.0 Å². The Balaban J connectivity index is 2.48. The zero-order valence-electron chi connectivity index (χ0n) is 8.47. The van der Waals surface area contributed by atoms with Gasteiger partial charge in [-0.05, 0) is 26.4 Å². The number of hydrogen-bond acceptors (Lipinski definition) is 2. The van der Waals surface area contributed by atoms with Crippen molar-refractivity contribution in [3.05, 3.63) is 0 Å². The number of piperidine rings is 1. The van der Waals surface area contributed by atoms with Crippen LogP contribution >= 0.6 is 0 Å². The van der Waals surface area contributed by atoms with Gasteiger partial charge in [0, 0.05) is 25.3 Å². The molecule has 1 unspecified atom stereocenters. The third-order valence-electron chi connectivity index (χ3n) is 2.79. The Labute approximate surface area is 83.5 Å². The van der Waals surface area contributed by atoms with E-state index in [1.165, 1.54) is 0 Å². The van der Waals surface area contributed by atoms with Crippen LogP contribution < -0.4 is 0 Å².